The van der Waals surface area contributed by atoms with E-state index >= 15 is 0 Å². The number of nitrogens with one attached hydrogen (secondary N) is 1. The number of rotatable bonds is 0. The zero-order valence-electron chi connectivity index (χ0n) is 10.4. The Labute approximate surface area is 92.5 Å². The first-order valence-corrected chi connectivity index (χ1v) is 5.65. The van der Waals surface area contributed by atoms with Gasteiger partial charge in [0.1, 0.15) is 0 Å². The highest BCUT2D eigenvalue weighted by atomic mass is 14.7. The number of fused-ring (bicyclic) bond motifs is 1. The van der Waals surface area contributed by atoms with Crippen LogP contribution in [-0.4, -0.2) is 4.98 Å². The van der Waals surface area contributed by atoms with Crippen LogP contribution in [-0.2, 0) is 5.41 Å². The summed E-state index contributed by atoms with van der Waals surface area (Å²) in [6, 6.07) is 8.58. The van der Waals surface area contributed by atoms with Crippen LogP contribution in [0.15, 0.2) is 30.5 Å². The third-order valence-corrected chi connectivity index (χ3v) is 2.40. The first kappa shape index (κ1) is 11.8. The van der Waals surface area contributed by atoms with Crippen LogP contribution in [0.1, 0.15) is 40.2 Å². The lowest BCUT2D eigenvalue weighted by Gasteiger charge is -2.19. The standard InChI is InChI=1S/C12H15N.C2H6/c1-12(2,3)10-5-4-6-11-9(10)7-8-13-11;1-2/h4-8,13H,1-3H3;1-2H3. The summed E-state index contributed by atoms with van der Waals surface area (Å²) in [4.78, 5) is 3.23. The van der Waals surface area contributed by atoms with Crippen LogP contribution in [0.3, 0.4) is 0 Å². The third kappa shape index (κ3) is 2.41. The monoisotopic (exact) mass is 203 g/mol. The van der Waals surface area contributed by atoms with Crippen molar-refractivity contribution in [1.82, 2.24) is 4.98 Å². The minimum Gasteiger partial charge on any atom is -0.361 e. The molecule has 2 aromatic rings. The Morgan fingerprint density at radius 2 is 1.67 bits per heavy atom. The molecule has 0 saturated heterocycles. The molecule has 0 unspecified atom stereocenters. The molecule has 1 heterocycles. The summed E-state index contributed by atoms with van der Waals surface area (Å²) in [6.45, 7) is 10.7. The van der Waals surface area contributed by atoms with Gasteiger partial charge in [0.05, 0.1) is 0 Å². The average Bonchev–Trinajstić information content (AvgIpc) is 2.66. The lowest BCUT2D eigenvalue weighted by molar-refractivity contribution is 0.596. The number of H-pyrrole nitrogens is 1. The fourth-order valence-corrected chi connectivity index (χ4v) is 1.74. The van der Waals surface area contributed by atoms with Gasteiger partial charge in [-0.2, -0.15) is 0 Å². The van der Waals surface area contributed by atoms with E-state index in [1.165, 1.54) is 16.5 Å². The van der Waals surface area contributed by atoms with Gasteiger partial charge in [0, 0.05) is 17.1 Å². The molecule has 1 aromatic heterocycles. The molecule has 0 bridgehead atoms. The second kappa shape index (κ2) is 4.52. The number of benzene rings is 1. The van der Waals surface area contributed by atoms with Crippen molar-refractivity contribution in [3.8, 4) is 0 Å². The molecule has 0 aliphatic rings. The predicted molar refractivity (Wildman–Crippen MR) is 68.3 cm³/mol. The summed E-state index contributed by atoms with van der Waals surface area (Å²) in [6.07, 6.45) is 2.00. The molecule has 1 N–H and O–H groups in total. The molecule has 0 spiro atoms. The van der Waals surface area contributed by atoms with Gasteiger partial charge in [-0.3, -0.25) is 0 Å². The van der Waals surface area contributed by atoms with Crippen molar-refractivity contribution in [1.29, 1.82) is 0 Å². The summed E-state index contributed by atoms with van der Waals surface area (Å²) in [7, 11) is 0. The molecule has 1 nitrogen and oxygen atoms in total. The highest BCUT2D eigenvalue weighted by molar-refractivity contribution is 5.83. The first-order chi connectivity index (χ1) is 7.09. The first-order valence-electron chi connectivity index (χ1n) is 5.65. The van der Waals surface area contributed by atoms with E-state index in [9.17, 15) is 0 Å². The van der Waals surface area contributed by atoms with Gasteiger partial charge >= 0.3 is 0 Å². The molecule has 0 aliphatic heterocycles. The van der Waals surface area contributed by atoms with Crippen LogP contribution < -0.4 is 0 Å². The van der Waals surface area contributed by atoms with Crippen LogP contribution in [0.2, 0.25) is 0 Å². The Hall–Kier alpha value is -1.24. The summed E-state index contributed by atoms with van der Waals surface area (Å²) in [5, 5.41) is 1.34. The van der Waals surface area contributed by atoms with Crippen LogP contribution in [0.4, 0.5) is 0 Å². The van der Waals surface area contributed by atoms with Crippen molar-refractivity contribution in [3.63, 3.8) is 0 Å². The minimum atomic E-state index is 0.224. The quantitative estimate of drug-likeness (QED) is 0.649. The lowest BCUT2D eigenvalue weighted by Crippen LogP contribution is -2.10. The summed E-state index contributed by atoms with van der Waals surface area (Å²) < 4.78 is 0. The molecule has 0 amide bonds. The van der Waals surface area contributed by atoms with Gasteiger partial charge in [-0.15, -0.1) is 0 Å². The molecule has 0 saturated carbocycles. The van der Waals surface area contributed by atoms with E-state index in [0.717, 1.165) is 0 Å². The van der Waals surface area contributed by atoms with Crippen molar-refractivity contribution in [2.24, 2.45) is 0 Å². The smallest absolute Gasteiger partial charge is 0.0456 e. The summed E-state index contributed by atoms with van der Waals surface area (Å²) in [5.41, 5.74) is 2.86. The van der Waals surface area contributed by atoms with Gasteiger partial charge in [-0.1, -0.05) is 46.8 Å². The Morgan fingerprint density at radius 1 is 1.00 bits per heavy atom. The lowest BCUT2D eigenvalue weighted by atomic mass is 9.85. The second-order valence-corrected chi connectivity index (χ2v) is 4.49. The molecule has 1 aromatic carbocycles. The normalized spacial score (nSPS) is 11.0. The number of hydrogen-bond acceptors (Lipinski definition) is 0. The molecule has 0 atom stereocenters. The van der Waals surface area contributed by atoms with Crippen LogP contribution in [0.25, 0.3) is 10.9 Å². The Balaban J connectivity index is 0.000000531. The fraction of sp³-hybridized carbons (Fsp3) is 0.429. The van der Waals surface area contributed by atoms with E-state index in [0.29, 0.717) is 0 Å². The summed E-state index contributed by atoms with van der Waals surface area (Å²) >= 11 is 0. The third-order valence-electron chi connectivity index (χ3n) is 2.40. The highest BCUT2D eigenvalue weighted by Crippen LogP contribution is 2.28. The Bertz CT molecular complexity index is 418. The van der Waals surface area contributed by atoms with Crippen molar-refractivity contribution in [2.45, 2.75) is 40.0 Å². The zero-order valence-corrected chi connectivity index (χ0v) is 10.4. The maximum Gasteiger partial charge on any atom is 0.0456 e. The van der Waals surface area contributed by atoms with Crippen LogP contribution in [0, 0.1) is 0 Å². The van der Waals surface area contributed by atoms with E-state index in [4.69, 9.17) is 0 Å². The van der Waals surface area contributed by atoms with E-state index in [1.54, 1.807) is 0 Å². The van der Waals surface area contributed by atoms with Crippen molar-refractivity contribution >= 4 is 10.9 Å². The van der Waals surface area contributed by atoms with Gasteiger partial charge in [-0.25, -0.2) is 0 Å². The van der Waals surface area contributed by atoms with Crippen molar-refractivity contribution in [2.75, 3.05) is 0 Å². The zero-order chi connectivity index (χ0) is 11.5. The molecule has 2 rings (SSSR count). The maximum absolute atomic E-state index is 3.23. The van der Waals surface area contributed by atoms with E-state index in [2.05, 4.69) is 50.0 Å². The van der Waals surface area contributed by atoms with E-state index in [1.807, 2.05) is 20.0 Å². The predicted octanol–water partition coefficient (Wildman–Crippen LogP) is 4.49. The van der Waals surface area contributed by atoms with E-state index < -0.39 is 0 Å². The molecule has 0 fully saturated rings. The SMILES string of the molecule is CC.CC(C)(C)c1cccc2[nH]ccc12. The number of aromatic amines is 1. The largest absolute Gasteiger partial charge is 0.361 e. The van der Waals surface area contributed by atoms with Crippen LogP contribution in [0.5, 0.6) is 0 Å². The molecule has 0 radical (unpaired) electrons. The topological polar surface area (TPSA) is 15.8 Å². The fourth-order valence-electron chi connectivity index (χ4n) is 1.74. The van der Waals surface area contributed by atoms with Crippen molar-refractivity contribution in [3.05, 3.63) is 36.0 Å². The Kier molecular flexibility index (Phi) is 3.57. The number of aromatic nitrogens is 1. The van der Waals surface area contributed by atoms with E-state index in [-0.39, 0.29) is 5.41 Å². The molecule has 15 heavy (non-hydrogen) atoms. The minimum absolute atomic E-state index is 0.224. The van der Waals surface area contributed by atoms with Gasteiger partial charge < -0.3 is 4.98 Å². The van der Waals surface area contributed by atoms with Crippen LogP contribution >= 0.6 is 0 Å². The molecular formula is C14H21N. The number of hydrogen-bond donors (Lipinski definition) is 1. The van der Waals surface area contributed by atoms with Gasteiger partial charge in [0.15, 0.2) is 0 Å². The van der Waals surface area contributed by atoms with Crippen molar-refractivity contribution < 1.29 is 0 Å². The summed E-state index contributed by atoms with van der Waals surface area (Å²) in [5.74, 6) is 0. The molecular weight excluding hydrogens is 182 g/mol. The average molecular weight is 203 g/mol. The Morgan fingerprint density at radius 3 is 2.27 bits per heavy atom. The van der Waals surface area contributed by atoms with Gasteiger partial charge in [0.25, 0.3) is 0 Å². The van der Waals surface area contributed by atoms with Gasteiger partial charge in [-0.05, 0) is 23.1 Å². The second-order valence-electron chi connectivity index (χ2n) is 4.49. The molecule has 1 heteroatoms. The maximum atomic E-state index is 3.23. The molecule has 0 aliphatic carbocycles. The highest BCUT2D eigenvalue weighted by Gasteiger charge is 2.16. The molecule has 82 valence electrons. The van der Waals surface area contributed by atoms with Gasteiger partial charge in [0.2, 0.25) is 0 Å².